The van der Waals surface area contributed by atoms with Gasteiger partial charge < -0.3 is 14.8 Å². The van der Waals surface area contributed by atoms with Gasteiger partial charge in [0.1, 0.15) is 29.5 Å². The van der Waals surface area contributed by atoms with Gasteiger partial charge >= 0.3 is 5.97 Å². The van der Waals surface area contributed by atoms with E-state index in [4.69, 9.17) is 55.9 Å². The van der Waals surface area contributed by atoms with E-state index >= 15 is 0 Å². The zero-order valence-electron chi connectivity index (χ0n) is 15.9. The van der Waals surface area contributed by atoms with E-state index in [1.54, 1.807) is 31.2 Å². The van der Waals surface area contributed by atoms with Crippen molar-refractivity contribution in [2.24, 2.45) is 0 Å². The Labute approximate surface area is 202 Å². The number of nitrogens with zero attached hydrogens (tertiary/aromatic N) is 1. The zero-order chi connectivity index (χ0) is 22.8. The van der Waals surface area contributed by atoms with Gasteiger partial charge in [-0.15, -0.1) is 0 Å². The van der Waals surface area contributed by atoms with Crippen LogP contribution in [0.4, 0.5) is 0 Å². The maximum Gasteiger partial charge on any atom is 0.355 e. The van der Waals surface area contributed by atoms with Crippen LogP contribution in [0.5, 0.6) is 5.75 Å². The number of allylic oxidation sites excluding steroid dienone is 1. The molecule has 0 aromatic heterocycles. The van der Waals surface area contributed by atoms with Crippen LogP contribution in [0, 0.1) is 0 Å². The summed E-state index contributed by atoms with van der Waals surface area (Å²) >= 11 is 24.0. The quantitative estimate of drug-likeness (QED) is 0.346. The molecule has 1 saturated heterocycles. The van der Waals surface area contributed by atoms with Gasteiger partial charge in [0.15, 0.2) is 6.61 Å². The van der Waals surface area contributed by atoms with Gasteiger partial charge in [0.2, 0.25) is 3.79 Å². The third-order valence-corrected chi connectivity index (χ3v) is 6.42. The minimum atomic E-state index is -1.80. The lowest BCUT2D eigenvalue weighted by molar-refractivity contribution is -0.153. The van der Waals surface area contributed by atoms with Gasteiger partial charge in [-0.25, -0.2) is 4.79 Å². The van der Waals surface area contributed by atoms with Crippen LogP contribution in [-0.2, 0) is 19.1 Å². The first kappa shape index (κ1) is 24.1. The number of halogens is 4. The number of fused-ring (bicyclic) bond motifs is 1. The van der Waals surface area contributed by atoms with Gasteiger partial charge in [0.05, 0.1) is 0 Å². The number of ether oxygens (including phenoxy) is 2. The summed E-state index contributed by atoms with van der Waals surface area (Å²) in [6, 6.07) is 7.92. The van der Waals surface area contributed by atoms with E-state index in [1.807, 2.05) is 6.07 Å². The van der Waals surface area contributed by atoms with E-state index in [2.05, 4.69) is 5.32 Å². The highest BCUT2D eigenvalue weighted by molar-refractivity contribution is 8.04. The first-order chi connectivity index (χ1) is 14.6. The molecular formula is C19H16Cl4N2O5S. The van der Waals surface area contributed by atoms with Crippen molar-refractivity contribution in [2.75, 3.05) is 13.2 Å². The van der Waals surface area contributed by atoms with Crippen molar-refractivity contribution < 1.29 is 23.9 Å². The average Bonchev–Trinajstić information content (AvgIpc) is 2.74. The molecule has 31 heavy (non-hydrogen) atoms. The molecule has 2 heterocycles. The number of nitrogens with one attached hydrogen (secondary N) is 1. The minimum Gasteiger partial charge on any atom is -0.484 e. The van der Waals surface area contributed by atoms with Crippen molar-refractivity contribution in [3.05, 3.63) is 52.0 Å². The maximum atomic E-state index is 12.7. The summed E-state index contributed by atoms with van der Waals surface area (Å²) < 4.78 is 8.64. The minimum absolute atomic E-state index is 0.0130. The summed E-state index contributed by atoms with van der Waals surface area (Å²) in [6.45, 7) is 0.858. The second-order valence-corrected chi connectivity index (χ2v) is 10.4. The molecule has 12 heteroatoms. The number of carbonyl (C=O) groups excluding carboxylic acids is 3. The van der Waals surface area contributed by atoms with Crippen molar-refractivity contribution in [3.8, 4) is 5.75 Å². The molecule has 0 radical (unpaired) electrons. The zero-order valence-corrected chi connectivity index (χ0v) is 19.8. The topological polar surface area (TPSA) is 84.9 Å². The van der Waals surface area contributed by atoms with Crippen LogP contribution in [0.15, 0.2) is 52.0 Å². The predicted molar refractivity (Wildman–Crippen MR) is 120 cm³/mol. The van der Waals surface area contributed by atoms with Crippen molar-refractivity contribution in [1.82, 2.24) is 10.2 Å². The number of carbonyl (C=O) groups is 3. The van der Waals surface area contributed by atoms with E-state index in [1.165, 1.54) is 22.2 Å². The molecule has 0 aliphatic carbocycles. The Kier molecular flexibility index (Phi) is 7.70. The predicted octanol–water partition coefficient (Wildman–Crippen LogP) is 3.73. The van der Waals surface area contributed by atoms with Crippen molar-refractivity contribution in [2.45, 2.75) is 22.1 Å². The molecule has 2 atom stereocenters. The van der Waals surface area contributed by atoms with Gasteiger partial charge in [-0.05, 0) is 24.6 Å². The van der Waals surface area contributed by atoms with E-state index < -0.39 is 39.6 Å². The SMILES string of the molecule is CC1=C(C(=O)OCC(Cl)(Cl)Cl)N2C(=O)C(NC(=O)COc3ccccc3)[C@@H]2SC1=CCl. The first-order valence-corrected chi connectivity index (χ1v) is 11.3. The Hall–Kier alpha value is -1.58. The van der Waals surface area contributed by atoms with Crippen LogP contribution in [0.1, 0.15) is 6.92 Å². The molecule has 0 saturated carbocycles. The molecule has 7 nitrogen and oxygen atoms in total. The van der Waals surface area contributed by atoms with E-state index in [9.17, 15) is 14.4 Å². The number of thioether (sulfide) groups is 1. The van der Waals surface area contributed by atoms with E-state index in [-0.39, 0.29) is 12.3 Å². The van der Waals surface area contributed by atoms with E-state index in [0.717, 1.165) is 0 Å². The number of amides is 2. The number of rotatable bonds is 6. The molecule has 3 rings (SSSR count). The molecule has 166 valence electrons. The van der Waals surface area contributed by atoms with Gasteiger partial charge in [-0.1, -0.05) is 76.4 Å². The molecule has 1 N–H and O–H groups in total. The van der Waals surface area contributed by atoms with E-state index in [0.29, 0.717) is 16.2 Å². The molecule has 0 spiro atoms. The average molecular weight is 526 g/mol. The Morgan fingerprint density at radius 3 is 2.55 bits per heavy atom. The third-order valence-electron chi connectivity index (χ3n) is 4.35. The Balaban J connectivity index is 1.69. The highest BCUT2D eigenvalue weighted by Crippen LogP contribution is 2.46. The molecule has 1 aromatic rings. The highest BCUT2D eigenvalue weighted by Gasteiger charge is 2.55. The summed E-state index contributed by atoms with van der Waals surface area (Å²) in [6.07, 6.45) is 0. The highest BCUT2D eigenvalue weighted by atomic mass is 35.6. The first-order valence-electron chi connectivity index (χ1n) is 8.85. The van der Waals surface area contributed by atoms with Crippen LogP contribution < -0.4 is 10.1 Å². The molecular weight excluding hydrogens is 510 g/mol. The summed E-state index contributed by atoms with van der Waals surface area (Å²) in [5.74, 6) is -1.27. The van der Waals surface area contributed by atoms with Crippen LogP contribution in [0.3, 0.4) is 0 Å². The third kappa shape index (κ3) is 5.62. The molecule has 2 aliphatic rings. The fraction of sp³-hybridized carbons (Fsp3) is 0.316. The fourth-order valence-electron chi connectivity index (χ4n) is 2.93. The number of alkyl halides is 3. The molecule has 2 aliphatic heterocycles. The number of hydrogen-bond donors (Lipinski definition) is 1. The Morgan fingerprint density at radius 2 is 1.94 bits per heavy atom. The summed E-state index contributed by atoms with van der Waals surface area (Å²) in [5.41, 5.74) is 1.72. The lowest BCUT2D eigenvalue weighted by atomic mass is 10.0. The molecule has 1 fully saturated rings. The Bertz CT molecular complexity index is 948. The van der Waals surface area contributed by atoms with Crippen LogP contribution in [0.2, 0.25) is 0 Å². The number of β-lactam (4-membered cyclic amide) rings is 1. The number of esters is 1. The number of para-hydroxylation sites is 1. The standard InChI is InChI=1S/C19H16Cl4N2O5S/c1-10-12(7-20)31-17-14(24-13(26)8-29-11-5-3-2-4-6-11)16(27)25(17)15(10)18(28)30-9-19(21,22)23/h2-7,14,17H,8-9H2,1H3,(H,24,26)/t14?,17-/m0/s1. The van der Waals surface area contributed by atoms with Crippen molar-refractivity contribution in [3.63, 3.8) is 0 Å². The second-order valence-electron chi connectivity index (χ2n) is 6.50. The van der Waals surface area contributed by atoms with Crippen LogP contribution >= 0.6 is 58.2 Å². The number of benzene rings is 1. The largest absolute Gasteiger partial charge is 0.484 e. The number of hydrogen-bond acceptors (Lipinski definition) is 6. The van der Waals surface area contributed by atoms with Gasteiger partial charge in [-0.2, -0.15) is 0 Å². The summed E-state index contributed by atoms with van der Waals surface area (Å²) in [5, 5.41) is 2.04. The van der Waals surface area contributed by atoms with Crippen molar-refractivity contribution in [1.29, 1.82) is 0 Å². The van der Waals surface area contributed by atoms with Gasteiger partial charge in [0.25, 0.3) is 11.8 Å². The molecule has 1 aromatic carbocycles. The second kappa shape index (κ2) is 9.92. The molecule has 0 bridgehead atoms. The smallest absolute Gasteiger partial charge is 0.355 e. The fourth-order valence-corrected chi connectivity index (χ4v) is 4.63. The normalized spacial score (nSPS) is 22.0. The van der Waals surface area contributed by atoms with Crippen molar-refractivity contribution >= 4 is 75.9 Å². The van der Waals surface area contributed by atoms with Gasteiger partial charge in [0, 0.05) is 10.4 Å². The summed E-state index contributed by atoms with van der Waals surface area (Å²) in [4.78, 5) is 39.4. The lowest BCUT2D eigenvalue weighted by Gasteiger charge is -2.49. The summed E-state index contributed by atoms with van der Waals surface area (Å²) in [7, 11) is 0. The molecule has 1 unspecified atom stereocenters. The molecule has 2 amide bonds. The monoisotopic (exact) mass is 524 g/mol. The maximum absolute atomic E-state index is 12.7. The van der Waals surface area contributed by atoms with Crippen LogP contribution in [0.25, 0.3) is 0 Å². The Morgan fingerprint density at radius 1 is 1.26 bits per heavy atom. The lowest BCUT2D eigenvalue weighted by Crippen LogP contribution is -2.70. The van der Waals surface area contributed by atoms with Crippen LogP contribution in [-0.4, -0.2) is 51.1 Å². The van der Waals surface area contributed by atoms with Gasteiger partial charge in [-0.3, -0.25) is 14.5 Å².